The first-order valence-corrected chi connectivity index (χ1v) is 11.2. The lowest BCUT2D eigenvalue weighted by atomic mass is 10.1. The number of benzene rings is 2. The summed E-state index contributed by atoms with van der Waals surface area (Å²) in [6.45, 7) is 3.52. The van der Waals surface area contributed by atoms with Gasteiger partial charge in [0, 0.05) is 17.7 Å². The summed E-state index contributed by atoms with van der Waals surface area (Å²) in [5.41, 5.74) is 4.65. The van der Waals surface area contributed by atoms with Gasteiger partial charge < -0.3 is 14.8 Å². The third-order valence-electron chi connectivity index (χ3n) is 5.20. The number of esters is 2. The smallest absolute Gasteiger partial charge is 0.338 e. The van der Waals surface area contributed by atoms with Crippen molar-refractivity contribution in [2.24, 2.45) is 5.92 Å². The van der Waals surface area contributed by atoms with Gasteiger partial charge in [-0.3, -0.25) is 29.6 Å². The number of anilines is 1. The molecule has 1 aliphatic rings. The second-order valence-corrected chi connectivity index (χ2v) is 8.08. The van der Waals surface area contributed by atoms with Gasteiger partial charge in [0.05, 0.1) is 24.6 Å². The molecule has 3 rings (SSSR count). The molecule has 1 atom stereocenters. The highest BCUT2D eigenvalue weighted by Crippen LogP contribution is 2.18. The van der Waals surface area contributed by atoms with Gasteiger partial charge in [0.2, 0.25) is 5.91 Å². The molecule has 10 heteroatoms. The number of amides is 3. The van der Waals surface area contributed by atoms with Gasteiger partial charge in [-0.15, -0.1) is 0 Å². The summed E-state index contributed by atoms with van der Waals surface area (Å²) >= 11 is 0. The molecule has 35 heavy (non-hydrogen) atoms. The maximum atomic E-state index is 12.3. The lowest BCUT2D eigenvalue weighted by Crippen LogP contribution is -2.43. The van der Waals surface area contributed by atoms with Crippen LogP contribution in [0.25, 0.3) is 0 Å². The Morgan fingerprint density at radius 2 is 1.63 bits per heavy atom. The van der Waals surface area contributed by atoms with Crippen LogP contribution >= 0.6 is 0 Å². The number of hydrazine groups is 1. The number of hydrogen-bond acceptors (Lipinski definition) is 7. The van der Waals surface area contributed by atoms with E-state index in [1.54, 1.807) is 24.3 Å². The molecule has 1 heterocycles. The minimum Gasteiger partial charge on any atom is -0.462 e. The van der Waals surface area contributed by atoms with Crippen LogP contribution < -0.4 is 10.7 Å². The van der Waals surface area contributed by atoms with Gasteiger partial charge in [0.1, 0.15) is 0 Å². The lowest BCUT2D eigenvalue weighted by molar-refractivity contribution is -0.151. The lowest BCUT2D eigenvalue weighted by Gasteiger charge is -2.17. The minimum atomic E-state index is -0.804. The molecule has 2 N–H and O–H groups in total. The van der Waals surface area contributed by atoms with Crippen molar-refractivity contribution in [2.75, 3.05) is 25.1 Å². The Bertz CT molecular complexity index is 1100. The fourth-order valence-corrected chi connectivity index (χ4v) is 3.28. The van der Waals surface area contributed by atoms with E-state index >= 15 is 0 Å². The van der Waals surface area contributed by atoms with Crippen molar-refractivity contribution in [3.05, 3.63) is 65.2 Å². The highest BCUT2D eigenvalue weighted by molar-refractivity contribution is 5.97. The monoisotopic (exact) mass is 481 g/mol. The number of ether oxygens (including phenoxy) is 2. The van der Waals surface area contributed by atoms with Crippen molar-refractivity contribution in [3.8, 4) is 0 Å². The number of nitrogens with zero attached hydrogens (tertiary/aromatic N) is 1. The van der Waals surface area contributed by atoms with Crippen LogP contribution in [0.5, 0.6) is 0 Å². The second-order valence-electron chi connectivity index (χ2n) is 8.08. The Hall–Kier alpha value is -4.21. The summed E-state index contributed by atoms with van der Waals surface area (Å²) in [7, 11) is 0. The number of hydrogen-bond donors (Lipinski definition) is 2. The molecule has 0 bridgehead atoms. The molecule has 0 radical (unpaired) electrons. The zero-order valence-electron chi connectivity index (χ0n) is 19.5. The SMILES string of the molecule is CCCOC(=O)c1ccc(NC(=O)COC(=O)[C@H]2CC(=O)N(NC(=O)c3ccc(C)cc3)C2)cc1. The average Bonchev–Trinajstić information content (AvgIpc) is 3.21. The molecule has 2 aromatic rings. The molecule has 0 unspecified atom stereocenters. The number of aryl methyl sites for hydroxylation is 1. The summed E-state index contributed by atoms with van der Waals surface area (Å²) in [5, 5.41) is 3.64. The van der Waals surface area contributed by atoms with Crippen LogP contribution in [0.2, 0.25) is 0 Å². The predicted molar refractivity (Wildman–Crippen MR) is 125 cm³/mol. The standard InChI is InChI=1S/C25H27N3O7/c1-3-12-34-24(32)18-8-10-20(11-9-18)26-21(29)15-35-25(33)19-13-22(30)28(14-19)27-23(31)17-6-4-16(2)5-7-17/h4-11,19H,3,12-15H2,1-2H3,(H,26,29)(H,27,31)/t19-/m0/s1. The summed E-state index contributed by atoms with van der Waals surface area (Å²) < 4.78 is 10.1. The van der Waals surface area contributed by atoms with Crippen molar-refractivity contribution in [1.29, 1.82) is 0 Å². The van der Waals surface area contributed by atoms with Crippen molar-refractivity contribution >= 4 is 35.3 Å². The quantitative estimate of drug-likeness (QED) is 0.525. The molecule has 1 aliphatic heterocycles. The zero-order valence-corrected chi connectivity index (χ0v) is 19.5. The second kappa shape index (κ2) is 11.8. The first-order valence-electron chi connectivity index (χ1n) is 11.2. The highest BCUT2D eigenvalue weighted by atomic mass is 16.5. The van der Waals surface area contributed by atoms with Crippen LogP contribution in [-0.4, -0.2) is 54.4 Å². The molecule has 2 aromatic carbocycles. The fourth-order valence-electron chi connectivity index (χ4n) is 3.28. The predicted octanol–water partition coefficient (Wildman–Crippen LogP) is 2.24. The Morgan fingerprint density at radius 3 is 2.29 bits per heavy atom. The van der Waals surface area contributed by atoms with E-state index in [1.807, 2.05) is 13.8 Å². The van der Waals surface area contributed by atoms with E-state index in [2.05, 4.69) is 10.7 Å². The number of nitrogens with one attached hydrogen (secondary N) is 2. The Kier molecular flexibility index (Phi) is 8.55. The van der Waals surface area contributed by atoms with Gasteiger partial charge in [-0.2, -0.15) is 0 Å². The zero-order chi connectivity index (χ0) is 25.4. The maximum Gasteiger partial charge on any atom is 0.338 e. The Morgan fingerprint density at radius 1 is 0.971 bits per heavy atom. The van der Waals surface area contributed by atoms with Gasteiger partial charge in [-0.1, -0.05) is 24.6 Å². The molecule has 10 nitrogen and oxygen atoms in total. The van der Waals surface area contributed by atoms with Crippen molar-refractivity contribution in [2.45, 2.75) is 26.7 Å². The Balaban J connectivity index is 1.44. The van der Waals surface area contributed by atoms with E-state index in [0.29, 0.717) is 29.8 Å². The Labute approximate surface area is 202 Å². The van der Waals surface area contributed by atoms with Gasteiger partial charge in [-0.25, -0.2) is 4.79 Å². The molecule has 0 spiro atoms. The molecule has 0 aliphatic carbocycles. The van der Waals surface area contributed by atoms with Crippen LogP contribution in [0, 0.1) is 12.8 Å². The maximum absolute atomic E-state index is 12.3. The van der Waals surface area contributed by atoms with Gasteiger partial charge in [0.15, 0.2) is 6.61 Å². The van der Waals surface area contributed by atoms with E-state index < -0.39 is 42.2 Å². The van der Waals surface area contributed by atoms with Crippen LogP contribution in [0.4, 0.5) is 5.69 Å². The normalized spacial score (nSPS) is 14.9. The third-order valence-corrected chi connectivity index (χ3v) is 5.20. The van der Waals surface area contributed by atoms with E-state index in [-0.39, 0.29) is 13.0 Å². The van der Waals surface area contributed by atoms with E-state index in [0.717, 1.165) is 10.6 Å². The highest BCUT2D eigenvalue weighted by Gasteiger charge is 2.36. The molecule has 1 fully saturated rings. The van der Waals surface area contributed by atoms with Gasteiger partial charge >= 0.3 is 11.9 Å². The third kappa shape index (κ3) is 7.13. The summed E-state index contributed by atoms with van der Waals surface area (Å²) in [4.78, 5) is 60.8. The molecular weight excluding hydrogens is 454 g/mol. The van der Waals surface area contributed by atoms with Crippen LogP contribution in [0.3, 0.4) is 0 Å². The number of carbonyl (C=O) groups is 5. The molecule has 0 saturated carbocycles. The van der Waals surface area contributed by atoms with E-state index in [1.165, 1.54) is 24.3 Å². The first-order chi connectivity index (χ1) is 16.8. The van der Waals surface area contributed by atoms with Crippen molar-refractivity contribution in [1.82, 2.24) is 10.4 Å². The summed E-state index contributed by atoms with van der Waals surface area (Å²) in [5.74, 6) is -3.43. The topological polar surface area (TPSA) is 131 Å². The van der Waals surface area contributed by atoms with Crippen molar-refractivity contribution in [3.63, 3.8) is 0 Å². The largest absolute Gasteiger partial charge is 0.462 e. The molecule has 1 saturated heterocycles. The van der Waals surface area contributed by atoms with Crippen molar-refractivity contribution < 1.29 is 33.4 Å². The summed E-state index contributed by atoms with van der Waals surface area (Å²) in [6, 6.07) is 12.9. The first kappa shape index (κ1) is 25.4. The molecule has 0 aromatic heterocycles. The number of carbonyl (C=O) groups excluding carboxylic acids is 5. The number of rotatable bonds is 9. The molecule has 184 valence electrons. The minimum absolute atomic E-state index is 0.0491. The van der Waals surface area contributed by atoms with Gasteiger partial charge in [-0.05, 0) is 49.7 Å². The van der Waals surface area contributed by atoms with E-state index in [4.69, 9.17) is 9.47 Å². The van der Waals surface area contributed by atoms with E-state index in [9.17, 15) is 24.0 Å². The molecular formula is C25H27N3O7. The fraction of sp³-hybridized carbons (Fsp3) is 0.320. The van der Waals surface area contributed by atoms with Crippen LogP contribution in [0.15, 0.2) is 48.5 Å². The van der Waals surface area contributed by atoms with Crippen LogP contribution in [-0.2, 0) is 23.9 Å². The average molecular weight is 482 g/mol. The summed E-state index contributed by atoms with van der Waals surface area (Å²) in [6.07, 6.45) is 0.581. The van der Waals surface area contributed by atoms with Crippen LogP contribution in [0.1, 0.15) is 46.0 Å². The molecule has 3 amide bonds. The van der Waals surface area contributed by atoms with Gasteiger partial charge in [0.25, 0.3) is 11.8 Å².